The molecule has 1 saturated heterocycles. The SMILES string of the molecule is CC(C)N1C(=O)c2ccc(C(=O)N3CCC(n4ccnc4)CC3)cc2S1(=O)=O. The normalized spacial score (nSPS) is 19.3. The van der Waals surface area contributed by atoms with Gasteiger partial charge in [-0.05, 0) is 44.9 Å². The molecule has 0 spiro atoms. The quantitative estimate of drug-likeness (QED) is 0.782. The van der Waals surface area contributed by atoms with Crippen LogP contribution in [0.2, 0.25) is 0 Å². The summed E-state index contributed by atoms with van der Waals surface area (Å²) in [6, 6.07) is 4.16. The van der Waals surface area contributed by atoms with Gasteiger partial charge in [-0.2, -0.15) is 0 Å². The number of carbonyl (C=O) groups excluding carboxylic acids is 2. The van der Waals surface area contributed by atoms with Crippen molar-refractivity contribution in [1.82, 2.24) is 18.8 Å². The smallest absolute Gasteiger partial charge is 0.269 e. The molecule has 0 bridgehead atoms. The van der Waals surface area contributed by atoms with Gasteiger partial charge in [0.2, 0.25) is 0 Å². The molecule has 0 atom stereocenters. The summed E-state index contributed by atoms with van der Waals surface area (Å²) in [5.74, 6) is -0.748. The maximum Gasteiger partial charge on any atom is 0.269 e. The van der Waals surface area contributed by atoms with Gasteiger partial charge in [0.1, 0.15) is 4.90 Å². The number of hydrogen-bond acceptors (Lipinski definition) is 5. The second-order valence-corrected chi connectivity index (χ2v) is 9.23. The Labute approximate surface area is 163 Å². The highest BCUT2D eigenvalue weighted by molar-refractivity contribution is 7.90. The molecule has 0 unspecified atom stereocenters. The predicted molar refractivity (Wildman–Crippen MR) is 101 cm³/mol. The van der Waals surface area contributed by atoms with E-state index in [1.54, 1.807) is 37.3 Å². The summed E-state index contributed by atoms with van der Waals surface area (Å²) in [6.07, 6.45) is 7.07. The highest BCUT2D eigenvalue weighted by atomic mass is 32.2. The lowest BCUT2D eigenvalue weighted by molar-refractivity contribution is 0.0693. The third kappa shape index (κ3) is 2.90. The topological polar surface area (TPSA) is 92.6 Å². The number of imidazole rings is 1. The minimum atomic E-state index is -3.92. The highest BCUT2D eigenvalue weighted by Crippen LogP contribution is 2.33. The number of carbonyl (C=O) groups is 2. The lowest BCUT2D eigenvalue weighted by Gasteiger charge is -2.32. The summed E-state index contributed by atoms with van der Waals surface area (Å²) >= 11 is 0. The van der Waals surface area contributed by atoms with Crippen LogP contribution in [0.1, 0.15) is 53.4 Å². The molecule has 4 rings (SSSR count). The molecular formula is C19H22N4O4S. The Morgan fingerprint density at radius 1 is 1.21 bits per heavy atom. The first-order valence-electron chi connectivity index (χ1n) is 9.30. The van der Waals surface area contributed by atoms with Crippen LogP contribution >= 0.6 is 0 Å². The number of amides is 2. The number of hydrogen-bond donors (Lipinski definition) is 0. The molecule has 2 aliphatic heterocycles. The van der Waals surface area contributed by atoms with Gasteiger partial charge in [-0.15, -0.1) is 0 Å². The lowest BCUT2D eigenvalue weighted by Crippen LogP contribution is -2.39. The Kier molecular flexibility index (Phi) is 4.49. The molecular weight excluding hydrogens is 380 g/mol. The zero-order valence-corrected chi connectivity index (χ0v) is 16.6. The van der Waals surface area contributed by atoms with E-state index in [1.165, 1.54) is 12.1 Å². The average Bonchev–Trinajstić information content (AvgIpc) is 3.27. The number of sulfonamides is 1. The van der Waals surface area contributed by atoms with Gasteiger partial charge in [0.05, 0.1) is 11.9 Å². The zero-order valence-electron chi connectivity index (χ0n) is 15.8. The van der Waals surface area contributed by atoms with Gasteiger partial charge in [0.15, 0.2) is 0 Å². The Morgan fingerprint density at radius 3 is 2.54 bits per heavy atom. The maximum absolute atomic E-state index is 12.9. The first kappa shape index (κ1) is 18.7. The molecule has 3 heterocycles. The van der Waals surface area contributed by atoms with Crippen molar-refractivity contribution >= 4 is 21.8 Å². The van der Waals surface area contributed by atoms with E-state index in [1.807, 2.05) is 6.20 Å². The van der Waals surface area contributed by atoms with E-state index in [4.69, 9.17) is 0 Å². The van der Waals surface area contributed by atoms with E-state index < -0.39 is 22.0 Å². The van der Waals surface area contributed by atoms with Crippen LogP contribution in [-0.2, 0) is 10.0 Å². The molecule has 2 amide bonds. The molecule has 0 aliphatic carbocycles. The molecule has 1 fully saturated rings. The van der Waals surface area contributed by atoms with Crippen LogP contribution < -0.4 is 0 Å². The maximum atomic E-state index is 12.9. The molecule has 2 aromatic rings. The Bertz CT molecular complexity index is 1020. The average molecular weight is 402 g/mol. The first-order chi connectivity index (χ1) is 13.3. The zero-order chi connectivity index (χ0) is 20.1. The standard InChI is InChI=1S/C19H22N4O4S/c1-13(2)23-19(25)16-4-3-14(11-17(16)28(23,26)27)18(24)21-8-5-15(6-9-21)22-10-7-20-12-22/h3-4,7,10-13,15H,5-6,8-9H2,1-2H3. The number of benzene rings is 1. The molecule has 1 aromatic heterocycles. The Balaban J connectivity index is 1.55. The van der Waals surface area contributed by atoms with Gasteiger partial charge in [-0.3, -0.25) is 9.59 Å². The van der Waals surface area contributed by atoms with Gasteiger partial charge in [0.25, 0.3) is 21.8 Å². The molecule has 148 valence electrons. The largest absolute Gasteiger partial charge is 0.338 e. The molecule has 9 heteroatoms. The second kappa shape index (κ2) is 6.73. The summed E-state index contributed by atoms with van der Waals surface area (Å²) in [4.78, 5) is 31.1. The van der Waals surface area contributed by atoms with Gasteiger partial charge in [-0.1, -0.05) is 0 Å². The predicted octanol–water partition coefficient (Wildman–Crippen LogP) is 1.91. The third-order valence-electron chi connectivity index (χ3n) is 5.36. The van der Waals surface area contributed by atoms with Crippen LogP contribution in [0, 0.1) is 0 Å². The van der Waals surface area contributed by atoms with Crippen LogP contribution in [-0.4, -0.2) is 58.1 Å². The van der Waals surface area contributed by atoms with Crippen molar-refractivity contribution in [3.8, 4) is 0 Å². The van der Waals surface area contributed by atoms with Gasteiger partial charge in [-0.25, -0.2) is 17.7 Å². The molecule has 8 nitrogen and oxygen atoms in total. The summed E-state index contributed by atoms with van der Waals surface area (Å²) < 4.78 is 28.4. The number of fused-ring (bicyclic) bond motifs is 1. The van der Waals surface area contributed by atoms with E-state index >= 15 is 0 Å². The van der Waals surface area contributed by atoms with Gasteiger partial charge in [0, 0.05) is 43.1 Å². The van der Waals surface area contributed by atoms with Crippen LogP contribution in [0.5, 0.6) is 0 Å². The van der Waals surface area contributed by atoms with Crippen molar-refractivity contribution in [1.29, 1.82) is 0 Å². The van der Waals surface area contributed by atoms with E-state index in [0.29, 0.717) is 24.7 Å². The number of likely N-dealkylation sites (tertiary alicyclic amines) is 1. The summed E-state index contributed by atoms with van der Waals surface area (Å²) in [6.45, 7) is 4.47. The van der Waals surface area contributed by atoms with Crippen molar-refractivity contribution < 1.29 is 18.0 Å². The van der Waals surface area contributed by atoms with Crippen molar-refractivity contribution in [2.75, 3.05) is 13.1 Å². The van der Waals surface area contributed by atoms with Crippen molar-refractivity contribution in [3.05, 3.63) is 48.0 Å². The summed E-state index contributed by atoms with van der Waals surface area (Å²) in [5, 5.41) is 0. The number of aromatic nitrogens is 2. The van der Waals surface area contributed by atoms with Crippen LogP contribution in [0.25, 0.3) is 0 Å². The minimum Gasteiger partial charge on any atom is -0.338 e. The van der Waals surface area contributed by atoms with Crippen molar-refractivity contribution in [2.45, 2.75) is 43.7 Å². The summed E-state index contributed by atoms with van der Waals surface area (Å²) in [5.41, 5.74) is 0.422. The van der Waals surface area contributed by atoms with Gasteiger partial charge < -0.3 is 9.47 Å². The Morgan fingerprint density at radius 2 is 1.93 bits per heavy atom. The molecule has 0 N–H and O–H groups in total. The fraction of sp³-hybridized carbons (Fsp3) is 0.421. The molecule has 28 heavy (non-hydrogen) atoms. The molecule has 2 aliphatic rings. The minimum absolute atomic E-state index is 0.0784. The fourth-order valence-electron chi connectivity index (χ4n) is 3.93. The Hall–Kier alpha value is -2.68. The molecule has 0 saturated carbocycles. The first-order valence-corrected chi connectivity index (χ1v) is 10.7. The van der Waals surface area contributed by atoms with Gasteiger partial charge >= 0.3 is 0 Å². The van der Waals surface area contributed by atoms with Crippen LogP contribution in [0.3, 0.4) is 0 Å². The monoisotopic (exact) mass is 402 g/mol. The number of piperidine rings is 1. The van der Waals surface area contributed by atoms with E-state index in [0.717, 1.165) is 17.1 Å². The van der Waals surface area contributed by atoms with E-state index in [9.17, 15) is 18.0 Å². The third-order valence-corrected chi connectivity index (χ3v) is 7.36. The second-order valence-electron chi connectivity index (χ2n) is 7.44. The van der Waals surface area contributed by atoms with Crippen LogP contribution in [0.4, 0.5) is 0 Å². The summed E-state index contributed by atoms with van der Waals surface area (Å²) in [7, 11) is -3.92. The van der Waals surface area contributed by atoms with E-state index in [-0.39, 0.29) is 16.4 Å². The number of nitrogens with zero attached hydrogens (tertiary/aromatic N) is 4. The van der Waals surface area contributed by atoms with Crippen LogP contribution in [0.15, 0.2) is 41.8 Å². The van der Waals surface area contributed by atoms with Crippen molar-refractivity contribution in [2.24, 2.45) is 0 Å². The number of rotatable bonds is 3. The lowest BCUT2D eigenvalue weighted by atomic mass is 10.0. The molecule has 1 aromatic carbocycles. The van der Waals surface area contributed by atoms with Crippen molar-refractivity contribution in [3.63, 3.8) is 0 Å². The molecule has 0 radical (unpaired) electrons. The fourth-order valence-corrected chi connectivity index (χ4v) is 5.72. The highest BCUT2D eigenvalue weighted by Gasteiger charge is 2.43. The van der Waals surface area contributed by atoms with E-state index in [2.05, 4.69) is 9.55 Å².